The molecule has 1 aliphatic heterocycles. The average molecular weight is 428 g/mol. The van der Waals surface area contributed by atoms with Gasteiger partial charge in [0.25, 0.3) is 5.91 Å². The number of allylic oxidation sites excluding steroid dienone is 1. The van der Waals surface area contributed by atoms with Crippen molar-refractivity contribution in [3.05, 3.63) is 81.4 Å². The van der Waals surface area contributed by atoms with Gasteiger partial charge in [-0.15, -0.1) is 0 Å². The number of hydrogen-bond acceptors (Lipinski definition) is 2. The molecule has 0 fully saturated rings. The summed E-state index contributed by atoms with van der Waals surface area (Å²) in [5, 5.41) is 12.4. The lowest BCUT2D eigenvalue weighted by Crippen LogP contribution is -2.17. The van der Waals surface area contributed by atoms with Crippen LogP contribution in [-0.4, -0.2) is 17.0 Å². The molecule has 32 heavy (non-hydrogen) atoms. The fourth-order valence-corrected chi connectivity index (χ4v) is 5.30. The van der Waals surface area contributed by atoms with Crippen molar-refractivity contribution < 1.29 is 14.7 Å². The van der Waals surface area contributed by atoms with Gasteiger partial charge in [-0.1, -0.05) is 30.3 Å². The molecule has 3 aliphatic rings. The molecule has 0 saturated heterocycles. The summed E-state index contributed by atoms with van der Waals surface area (Å²) < 4.78 is 0. The summed E-state index contributed by atoms with van der Waals surface area (Å²) in [6, 6.07) is 12.9. The summed E-state index contributed by atoms with van der Waals surface area (Å²) in [6.07, 6.45) is 11.5. The van der Waals surface area contributed by atoms with Crippen molar-refractivity contribution >= 4 is 23.1 Å². The van der Waals surface area contributed by atoms with Gasteiger partial charge in [-0.05, 0) is 109 Å². The zero-order valence-corrected chi connectivity index (χ0v) is 18.4. The van der Waals surface area contributed by atoms with Crippen LogP contribution in [0.2, 0.25) is 0 Å². The number of nitrogens with one attached hydrogen (secondary N) is 1. The third-order valence-corrected chi connectivity index (χ3v) is 7.05. The van der Waals surface area contributed by atoms with E-state index in [0.29, 0.717) is 12.0 Å². The number of benzene rings is 2. The van der Waals surface area contributed by atoms with Crippen LogP contribution in [0, 0.1) is 0 Å². The van der Waals surface area contributed by atoms with Crippen LogP contribution in [0.5, 0.6) is 0 Å². The van der Waals surface area contributed by atoms with E-state index in [1.54, 1.807) is 0 Å². The number of fused-ring (bicyclic) bond motifs is 2. The highest BCUT2D eigenvalue weighted by Gasteiger charge is 2.25. The Labute approximate surface area is 189 Å². The summed E-state index contributed by atoms with van der Waals surface area (Å²) in [7, 11) is 0. The van der Waals surface area contributed by atoms with E-state index in [4.69, 9.17) is 0 Å². The van der Waals surface area contributed by atoms with Crippen LogP contribution in [-0.2, 0) is 35.3 Å². The van der Waals surface area contributed by atoms with Gasteiger partial charge in [0.15, 0.2) is 0 Å². The second-order valence-electron chi connectivity index (χ2n) is 9.18. The first-order valence-corrected chi connectivity index (χ1v) is 11.8. The smallest absolute Gasteiger partial charge is 0.303 e. The number of amides is 1. The Morgan fingerprint density at radius 1 is 0.812 bits per heavy atom. The van der Waals surface area contributed by atoms with Crippen molar-refractivity contribution in [2.75, 3.05) is 0 Å². The topological polar surface area (TPSA) is 66.4 Å². The zero-order chi connectivity index (χ0) is 22.1. The molecule has 164 valence electrons. The van der Waals surface area contributed by atoms with E-state index in [0.717, 1.165) is 48.1 Å². The SMILES string of the molecule is O=C(O)CCC(=C1C=C(c2ccc3c(c2)CCCC3)NC1=O)c1ccc2c(c1)CCCC2. The maximum Gasteiger partial charge on any atom is 0.303 e. The largest absolute Gasteiger partial charge is 0.481 e. The minimum absolute atomic E-state index is 0.00518. The quantitative estimate of drug-likeness (QED) is 0.642. The number of carboxylic acids is 1. The molecule has 0 bridgehead atoms. The third kappa shape index (κ3) is 4.14. The van der Waals surface area contributed by atoms with Crippen molar-refractivity contribution in [2.45, 2.75) is 64.2 Å². The summed E-state index contributed by atoms with van der Waals surface area (Å²) in [5.41, 5.74) is 9.73. The average Bonchev–Trinajstić information content (AvgIpc) is 3.20. The Hall–Kier alpha value is -3.14. The van der Waals surface area contributed by atoms with Crippen LogP contribution in [0.25, 0.3) is 11.3 Å². The molecule has 1 amide bonds. The Balaban J connectivity index is 1.55. The van der Waals surface area contributed by atoms with Crippen LogP contribution in [0.1, 0.15) is 71.9 Å². The number of aryl methyl sites for hydroxylation is 4. The first-order chi connectivity index (χ1) is 15.6. The highest BCUT2D eigenvalue weighted by Crippen LogP contribution is 2.34. The third-order valence-electron chi connectivity index (χ3n) is 7.05. The number of carbonyl (C=O) groups excluding carboxylic acids is 1. The van der Waals surface area contributed by atoms with Crippen molar-refractivity contribution in [3.8, 4) is 0 Å². The van der Waals surface area contributed by atoms with Crippen LogP contribution in [0.15, 0.2) is 48.0 Å². The summed E-state index contributed by atoms with van der Waals surface area (Å²) in [4.78, 5) is 24.4. The Morgan fingerprint density at radius 3 is 2.12 bits per heavy atom. The summed E-state index contributed by atoms with van der Waals surface area (Å²) >= 11 is 0. The normalized spacial score (nSPS) is 19.0. The van der Waals surface area contributed by atoms with Gasteiger partial charge in [-0.2, -0.15) is 0 Å². The summed E-state index contributed by atoms with van der Waals surface area (Å²) in [5.74, 6) is -0.991. The lowest BCUT2D eigenvalue weighted by Gasteiger charge is -2.18. The van der Waals surface area contributed by atoms with E-state index in [1.165, 1.54) is 47.9 Å². The number of aliphatic carboxylic acids is 1. The van der Waals surface area contributed by atoms with E-state index in [-0.39, 0.29) is 12.3 Å². The van der Waals surface area contributed by atoms with E-state index in [1.807, 2.05) is 6.08 Å². The molecule has 0 aromatic heterocycles. The highest BCUT2D eigenvalue weighted by atomic mass is 16.4. The Bertz CT molecular complexity index is 1160. The molecular weight excluding hydrogens is 398 g/mol. The molecule has 2 aromatic rings. The van der Waals surface area contributed by atoms with Gasteiger partial charge in [-0.25, -0.2) is 0 Å². The van der Waals surface area contributed by atoms with Gasteiger partial charge in [0.05, 0.1) is 0 Å². The second-order valence-corrected chi connectivity index (χ2v) is 9.18. The first-order valence-electron chi connectivity index (χ1n) is 11.8. The minimum atomic E-state index is -0.849. The van der Waals surface area contributed by atoms with Gasteiger partial charge < -0.3 is 10.4 Å². The zero-order valence-electron chi connectivity index (χ0n) is 18.4. The number of rotatable bonds is 5. The van der Waals surface area contributed by atoms with E-state index in [9.17, 15) is 14.7 Å². The molecule has 1 heterocycles. The predicted molar refractivity (Wildman–Crippen MR) is 126 cm³/mol. The van der Waals surface area contributed by atoms with Gasteiger partial charge in [0.2, 0.25) is 0 Å². The van der Waals surface area contributed by atoms with E-state index >= 15 is 0 Å². The molecule has 0 radical (unpaired) electrons. The molecule has 2 aromatic carbocycles. The van der Waals surface area contributed by atoms with Crippen molar-refractivity contribution in [3.63, 3.8) is 0 Å². The number of carbonyl (C=O) groups is 2. The lowest BCUT2D eigenvalue weighted by atomic mass is 9.87. The van der Waals surface area contributed by atoms with Crippen LogP contribution >= 0.6 is 0 Å². The first kappa shape index (κ1) is 20.7. The van der Waals surface area contributed by atoms with Crippen LogP contribution in [0.3, 0.4) is 0 Å². The van der Waals surface area contributed by atoms with Gasteiger partial charge in [-0.3, -0.25) is 9.59 Å². The highest BCUT2D eigenvalue weighted by molar-refractivity contribution is 6.13. The maximum atomic E-state index is 13.0. The fourth-order valence-electron chi connectivity index (χ4n) is 5.30. The van der Waals surface area contributed by atoms with E-state index in [2.05, 4.69) is 41.7 Å². The van der Waals surface area contributed by atoms with Crippen LogP contribution < -0.4 is 5.32 Å². The predicted octanol–water partition coefficient (Wildman–Crippen LogP) is 5.23. The fraction of sp³-hybridized carbons (Fsp3) is 0.357. The molecule has 0 atom stereocenters. The van der Waals surface area contributed by atoms with Crippen LogP contribution in [0.4, 0.5) is 0 Å². The monoisotopic (exact) mass is 427 g/mol. The minimum Gasteiger partial charge on any atom is -0.481 e. The van der Waals surface area contributed by atoms with Crippen molar-refractivity contribution in [2.24, 2.45) is 0 Å². The maximum absolute atomic E-state index is 13.0. The Morgan fingerprint density at radius 2 is 1.44 bits per heavy atom. The summed E-state index contributed by atoms with van der Waals surface area (Å²) in [6.45, 7) is 0. The molecule has 0 spiro atoms. The lowest BCUT2D eigenvalue weighted by molar-refractivity contribution is -0.136. The standard InChI is InChI=1S/C28H29NO3/c30-27(31)14-13-24(22-11-9-18-5-1-3-7-20(18)15-22)25-17-26(29-28(25)32)23-12-10-19-6-2-4-8-21(19)16-23/h9-12,15-17H,1-8,13-14H2,(H,29,32)(H,30,31). The number of hydrogen-bond donors (Lipinski definition) is 2. The molecule has 4 nitrogen and oxygen atoms in total. The Kier molecular flexibility index (Phi) is 5.69. The van der Waals surface area contributed by atoms with Crippen molar-refractivity contribution in [1.29, 1.82) is 0 Å². The molecule has 2 aliphatic carbocycles. The van der Waals surface area contributed by atoms with Gasteiger partial charge >= 0.3 is 5.97 Å². The molecule has 0 saturated carbocycles. The molecule has 4 heteroatoms. The second kappa shape index (κ2) is 8.78. The molecule has 5 rings (SSSR count). The molecular formula is C28H29NO3. The van der Waals surface area contributed by atoms with Gasteiger partial charge in [0.1, 0.15) is 0 Å². The molecule has 2 N–H and O–H groups in total. The van der Waals surface area contributed by atoms with E-state index < -0.39 is 5.97 Å². The van der Waals surface area contributed by atoms with Gasteiger partial charge in [0, 0.05) is 17.7 Å². The number of carboxylic acid groups (broad SMARTS) is 1. The molecule has 0 unspecified atom stereocenters. The van der Waals surface area contributed by atoms with Crippen molar-refractivity contribution in [1.82, 2.24) is 5.32 Å².